The number of nitrogens with two attached hydrogens (primary N) is 2. The maximum absolute atomic E-state index is 14.9. The molecule has 8 aromatic rings. The molecule has 0 bridgehead atoms. The molecule has 2 heterocycles. The van der Waals surface area contributed by atoms with Gasteiger partial charge in [-0.1, -0.05) is 94.9 Å². The number of terminal acetylenes is 2. The summed E-state index contributed by atoms with van der Waals surface area (Å²) in [4.78, 5) is 67.1. The van der Waals surface area contributed by atoms with Crippen LogP contribution in [0.25, 0.3) is 21.8 Å². The molecule has 8 rings (SSSR count). The first-order valence-corrected chi connectivity index (χ1v) is 25.1. The first kappa shape index (κ1) is 55.9. The van der Waals surface area contributed by atoms with E-state index in [4.69, 9.17) is 80.7 Å². The second-order valence-electron chi connectivity index (χ2n) is 16.8. The van der Waals surface area contributed by atoms with Crippen molar-refractivity contribution in [3.8, 4) is 24.7 Å². The predicted octanol–water partition coefficient (Wildman–Crippen LogP) is 10.5. The van der Waals surface area contributed by atoms with Gasteiger partial charge in [0.1, 0.15) is 12.1 Å². The molecule has 2 atom stereocenters. The topological polar surface area (TPSA) is 187 Å². The van der Waals surface area contributed by atoms with Gasteiger partial charge < -0.3 is 21.3 Å². The number of nitrogens with one attached hydrogen (secondary N) is 2. The van der Waals surface area contributed by atoms with Gasteiger partial charge in [0.2, 0.25) is 0 Å². The summed E-state index contributed by atoms with van der Waals surface area (Å²) in [6, 6.07) is 34.0. The summed E-state index contributed by atoms with van der Waals surface area (Å²) < 4.78 is 32.4. The fraction of sp³-hybridized carbons (Fsp3) is 0.179. The summed E-state index contributed by atoms with van der Waals surface area (Å²) in [5.41, 5.74) is 18.2. The molecule has 2 amide bonds. The Bertz CT molecular complexity index is 3380. The van der Waals surface area contributed by atoms with Crippen LogP contribution in [0.3, 0.4) is 0 Å². The Hall–Kier alpha value is -7.80. The Morgan fingerprint density at radius 1 is 0.579 bits per heavy atom. The standard InChI is InChI=1S/2C28H24Cl2FN5O2/c2*1-2-8-24(35(16-7-15-32)27(37)21-11-6-12-22(30)25(21)31)26-33-23-17-18(29)13-14-20(23)28(38)36(26)34-19-9-4-3-5-10-19/h2*1,3-6,9-14,17,24,34H,7-8,15-16,32H2/t2*24-/m11/s1. The summed E-state index contributed by atoms with van der Waals surface area (Å²) in [7, 11) is 0. The Balaban J connectivity index is 0.000000221. The van der Waals surface area contributed by atoms with E-state index in [1.807, 2.05) is 12.1 Å². The zero-order valence-electron chi connectivity index (χ0n) is 40.4. The van der Waals surface area contributed by atoms with Gasteiger partial charge in [0, 0.05) is 36.0 Å². The highest BCUT2D eigenvalue weighted by Crippen LogP contribution is 2.31. The second kappa shape index (κ2) is 26.1. The molecule has 0 spiro atoms. The van der Waals surface area contributed by atoms with Crippen molar-refractivity contribution >= 4 is 91.4 Å². The van der Waals surface area contributed by atoms with Gasteiger partial charge in [0.15, 0.2) is 23.3 Å². The molecule has 6 aromatic carbocycles. The number of nitrogens with zero attached hydrogens (tertiary/aromatic N) is 6. The maximum atomic E-state index is 14.9. The molecule has 76 heavy (non-hydrogen) atoms. The summed E-state index contributed by atoms with van der Waals surface area (Å²) >= 11 is 24.3. The smallest absolute Gasteiger partial charge is 0.280 e. The van der Waals surface area contributed by atoms with E-state index in [0.29, 0.717) is 56.1 Å². The third kappa shape index (κ3) is 12.8. The van der Waals surface area contributed by atoms with Crippen molar-refractivity contribution < 1.29 is 18.4 Å². The van der Waals surface area contributed by atoms with Crippen molar-refractivity contribution in [1.29, 1.82) is 0 Å². The second-order valence-corrected chi connectivity index (χ2v) is 18.5. The monoisotopic (exact) mass is 1100 g/mol. The summed E-state index contributed by atoms with van der Waals surface area (Å²) in [5.74, 6) is 2.42. The van der Waals surface area contributed by atoms with Crippen LogP contribution in [0.4, 0.5) is 20.2 Å². The van der Waals surface area contributed by atoms with Crippen molar-refractivity contribution in [3.63, 3.8) is 0 Å². The van der Waals surface area contributed by atoms with E-state index >= 15 is 0 Å². The molecule has 0 unspecified atom stereocenters. The third-order valence-corrected chi connectivity index (χ3v) is 12.9. The molecule has 0 saturated heterocycles. The van der Waals surface area contributed by atoms with E-state index in [2.05, 4.69) is 22.7 Å². The van der Waals surface area contributed by atoms with Crippen LogP contribution in [-0.2, 0) is 0 Å². The van der Waals surface area contributed by atoms with E-state index in [1.54, 1.807) is 84.9 Å². The van der Waals surface area contributed by atoms with Crippen molar-refractivity contribution in [2.45, 2.75) is 37.8 Å². The average Bonchev–Trinajstić information content (AvgIpc) is 3.44. The lowest BCUT2D eigenvalue weighted by molar-refractivity contribution is 0.0653. The van der Waals surface area contributed by atoms with E-state index in [1.165, 1.54) is 55.6 Å². The summed E-state index contributed by atoms with van der Waals surface area (Å²) in [5, 5.41) is 1.00. The third-order valence-electron chi connectivity index (χ3n) is 11.8. The van der Waals surface area contributed by atoms with Crippen LogP contribution in [0.1, 0.15) is 70.1 Å². The molecule has 20 heteroatoms. The van der Waals surface area contributed by atoms with Crippen LogP contribution in [-0.4, -0.2) is 67.1 Å². The molecule has 0 saturated carbocycles. The van der Waals surface area contributed by atoms with Crippen LogP contribution in [0.2, 0.25) is 20.1 Å². The molecule has 6 N–H and O–H groups in total. The highest BCUT2D eigenvalue weighted by molar-refractivity contribution is 6.32. The number of hydrogen-bond acceptors (Lipinski definition) is 10. The number of hydrogen-bond donors (Lipinski definition) is 4. The van der Waals surface area contributed by atoms with Gasteiger partial charge in [-0.05, 0) is 111 Å². The number of amides is 2. The van der Waals surface area contributed by atoms with Gasteiger partial charge in [-0.15, -0.1) is 24.7 Å². The summed E-state index contributed by atoms with van der Waals surface area (Å²) in [6.45, 7) is 0.783. The molecule has 0 radical (unpaired) electrons. The van der Waals surface area contributed by atoms with Crippen molar-refractivity contribution in [3.05, 3.63) is 209 Å². The number of carbonyl (C=O) groups is 2. The van der Waals surface area contributed by atoms with Crippen molar-refractivity contribution in [1.82, 2.24) is 29.1 Å². The fourth-order valence-corrected chi connectivity index (χ4v) is 8.85. The van der Waals surface area contributed by atoms with Crippen LogP contribution >= 0.6 is 46.4 Å². The normalized spacial score (nSPS) is 11.7. The van der Waals surface area contributed by atoms with Crippen molar-refractivity contribution in [2.75, 3.05) is 37.0 Å². The first-order chi connectivity index (χ1) is 36.7. The van der Waals surface area contributed by atoms with Crippen LogP contribution in [0.15, 0.2) is 143 Å². The minimum Gasteiger partial charge on any atom is -0.330 e. The number of rotatable bonds is 18. The molecule has 388 valence electrons. The number of anilines is 2. The fourth-order valence-electron chi connectivity index (χ4n) is 8.17. The van der Waals surface area contributed by atoms with Gasteiger partial charge in [-0.3, -0.25) is 30.0 Å². The molecule has 0 aliphatic carbocycles. The zero-order valence-corrected chi connectivity index (χ0v) is 43.4. The molecular weight excluding hydrogens is 1060 g/mol. The Morgan fingerprint density at radius 3 is 1.32 bits per heavy atom. The minimum atomic E-state index is -0.926. The number of aromatic nitrogens is 4. The highest BCUT2D eigenvalue weighted by atomic mass is 35.5. The first-order valence-electron chi connectivity index (χ1n) is 23.6. The van der Waals surface area contributed by atoms with Gasteiger partial charge in [0.25, 0.3) is 22.9 Å². The highest BCUT2D eigenvalue weighted by Gasteiger charge is 2.34. The van der Waals surface area contributed by atoms with E-state index in [9.17, 15) is 28.0 Å². The van der Waals surface area contributed by atoms with Gasteiger partial charge in [-0.25, -0.2) is 28.1 Å². The number of halogens is 6. The quantitative estimate of drug-likeness (QED) is 0.0603. The van der Waals surface area contributed by atoms with Gasteiger partial charge in [0.05, 0.1) is 54.4 Å². The molecule has 0 aliphatic rings. The van der Waals surface area contributed by atoms with Crippen LogP contribution in [0, 0.1) is 36.3 Å². The Labute approximate surface area is 456 Å². The van der Waals surface area contributed by atoms with E-state index < -0.39 is 46.7 Å². The van der Waals surface area contributed by atoms with Gasteiger partial charge >= 0.3 is 0 Å². The average molecular weight is 1100 g/mol. The van der Waals surface area contributed by atoms with Crippen molar-refractivity contribution in [2.24, 2.45) is 11.5 Å². The zero-order chi connectivity index (χ0) is 54.5. The van der Waals surface area contributed by atoms with Crippen LogP contribution < -0.4 is 33.4 Å². The molecule has 14 nitrogen and oxygen atoms in total. The lowest BCUT2D eigenvalue weighted by atomic mass is 10.1. The van der Waals surface area contributed by atoms with Gasteiger partial charge in [-0.2, -0.15) is 0 Å². The predicted molar refractivity (Wildman–Crippen MR) is 298 cm³/mol. The molecular formula is C56H48Cl4F2N10O4. The molecule has 0 aliphatic heterocycles. The van der Waals surface area contributed by atoms with E-state index in [-0.39, 0.29) is 71.8 Å². The number of para-hydroxylation sites is 2. The SMILES string of the molecule is C#CC[C@H](c1nc2cc(Cl)ccc2c(=O)n1Nc1ccccc1)N(CCCN)C(=O)c1cccc(Cl)c1F.C#CC[C@H](c1nc2cc(Cl)ccc2c(=O)n1Nc1ccccc1)N(CCCN)C(=O)c1cccc(Cl)c1F. The van der Waals surface area contributed by atoms with Crippen LogP contribution in [0.5, 0.6) is 0 Å². The number of carbonyl (C=O) groups excluding carboxylic acids is 2. The van der Waals surface area contributed by atoms with E-state index in [0.717, 1.165) is 0 Å². The largest absolute Gasteiger partial charge is 0.330 e. The Kier molecular flexibility index (Phi) is 19.2. The molecule has 0 fully saturated rings. The maximum Gasteiger partial charge on any atom is 0.280 e. The lowest BCUT2D eigenvalue weighted by Gasteiger charge is -2.32. The number of fused-ring (bicyclic) bond motifs is 2. The minimum absolute atomic E-state index is 0.0204. The lowest BCUT2D eigenvalue weighted by Crippen LogP contribution is -2.41. The molecule has 2 aromatic heterocycles. The summed E-state index contributed by atoms with van der Waals surface area (Å²) in [6.07, 6.45) is 12.2. The Morgan fingerprint density at radius 2 is 0.961 bits per heavy atom. The number of benzene rings is 6.